The summed E-state index contributed by atoms with van der Waals surface area (Å²) >= 11 is 5.29. The van der Waals surface area contributed by atoms with Crippen LogP contribution in [0.1, 0.15) is 25.0 Å². The van der Waals surface area contributed by atoms with Gasteiger partial charge in [-0.25, -0.2) is 0 Å². The van der Waals surface area contributed by atoms with Gasteiger partial charge in [0.15, 0.2) is 11.1 Å². The van der Waals surface area contributed by atoms with Crippen molar-refractivity contribution in [2.45, 2.75) is 31.8 Å². The number of thiocarbonyl (C=S) groups is 1. The standard InChI is InChI=1S/C12H17N5S/c13-11(14)17(8-10-4-1-2-7-15-10)12(18)16-9-5-3-6-9/h1-2,4,7,9H,3,5-6,8H2,(H3,13,14)(H,16,18). The van der Waals surface area contributed by atoms with Crippen molar-refractivity contribution in [3.63, 3.8) is 0 Å². The summed E-state index contributed by atoms with van der Waals surface area (Å²) in [5, 5.41) is 11.3. The summed E-state index contributed by atoms with van der Waals surface area (Å²) in [7, 11) is 0. The third-order valence-electron chi connectivity index (χ3n) is 3.01. The maximum Gasteiger partial charge on any atom is 0.195 e. The Morgan fingerprint density at radius 1 is 1.56 bits per heavy atom. The largest absolute Gasteiger partial charge is 0.370 e. The molecule has 0 atom stereocenters. The molecule has 1 aliphatic carbocycles. The molecule has 0 aliphatic heterocycles. The van der Waals surface area contributed by atoms with Crippen molar-refractivity contribution in [1.82, 2.24) is 15.2 Å². The first-order valence-corrected chi connectivity index (χ1v) is 6.39. The summed E-state index contributed by atoms with van der Waals surface area (Å²) < 4.78 is 0. The van der Waals surface area contributed by atoms with E-state index in [0.717, 1.165) is 18.5 Å². The molecule has 1 heterocycles. The summed E-state index contributed by atoms with van der Waals surface area (Å²) in [6, 6.07) is 6.08. The highest BCUT2D eigenvalue weighted by molar-refractivity contribution is 7.80. The number of hydrogen-bond donors (Lipinski definition) is 3. The van der Waals surface area contributed by atoms with Gasteiger partial charge in [-0.3, -0.25) is 15.3 Å². The van der Waals surface area contributed by atoms with Gasteiger partial charge in [-0.15, -0.1) is 0 Å². The summed E-state index contributed by atoms with van der Waals surface area (Å²) in [6.45, 7) is 0.425. The van der Waals surface area contributed by atoms with Crippen molar-refractivity contribution in [2.75, 3.05) is 0 Å². The number of nitrogens with one attached hydrogen (secondary N) is 2. The smallest absolute Gasteiger partial charge is 0.195 e. The van der Waals surface area contributed by atoms with Crippen LogP contribution in [0, 0.1) is 5.41 Å². The molecule has 0 amide bonds. The van der Waals surface area contributed by atoms with Crippen molar-refractivity contribution in [1.29, 1.82) is 5.41 Å². The molecule has 1 fully saturated rings. The van der Waals surface area contributed by atoms with E-state index in [4.69, 9.17) is 23.4 Å². The van der Waals surface area contributed by atoms with Crippen LogP contribution in [-0.2, 0) is 6.54 Å². The average Bonchev–Trinajstić information content (AvgIpc) is 2.31. The third-order valence-corrected chi connectivity index (χ3v) is 3.35. The SMILES string of the molecule is N=C(N)N(Cc1ccccn1)C(=S)NC1CCC1. The van der Waals surface area contributed by atoms with Crippen molar-refractivity contribution in [3.8, 4) is 0 Å². The molecule has 18 heavy (non-hydrogen) atoms. The number of nitrogens with two attached hydrogens (primary N) is 1. The third kappa shape index (κ3) is 3.16. The summed E-state index contributed by atoms with van der Waals surface area (Å²) in [6.07, 6.45) is 5.22. The van der Waals surface area contributed by atoms with Gasteiger partial charge in [-0.05, 0) is 43.6 Å². The van der Waals surface area contributed by atoms with Crippen LogP contribution in [0.25, 0.3) is 0 Å². The van der Waals surface area contributed by atoms with Gasteiger partial charge in [0, 0.05) is 12.2 Å². The molecule has 0 bridgehead atoms. The molecule has 2 rings (SSSR count). The van der Waals surface area contributed by atoms with E-state index >= 15 is 0 Å². The Hall–Kier alpha value is -1.69. The first kappa shape index (κ1) is 12.8. The molecular weight excluding hydrogens is 246 g/mol. The first-order valence-electron chi connectivity index (χ1n) is 5.99. The highest BCUT2D eigenvalue weighted by Gasteiger charge is 2.21. The van der Waals surface area contributed by atoms with Crippen molar-refractivity contribution >= 4 is 23.3 Å². The Labute approximate surface area is 112 Å². The zero-order valence-corrected chi connectivity index (χ0v) is 10.9. The number of guanidine groups is 1. The Balaban J connectivity index is 1.98. The van der Waals surface area contributed by atoms with Crippen LogP contribution in [0.15, 0.2) is 24.4 Å². The predicted molar refractivity (Wildman–Crippen MR) is 75.1 cm³/mol. The topological polar surface area (TPSA) is 78.0 Å². The van der Waals surface area contributed by atoms with E-state index in [1.54, 1.807) is 11.1 Å². The minimum atomic E-state index is -0.0579. The van der Waals surface area contributed by atoms with Gasteiger partial charge < -0.3 is 11.1 Å². The molecule has 0 spiro atoms. The first-order chi connectivity index (χ1) is 8.66. The second-order valence-electron chi connectivity index (χ2n) is 4.37. The van der Waals surface area contributed by atoms with Gasteiger partial charge >= 0.3 is 0 Å². The van der Waals surface area contributed by atoms with Gasteiger partial charge in [0.2, 0.25) is 0 Å². The van der Waals surface area contributed by atoms with E-state index in [1.165, 1.54) is 6.42 Å². The molecule has 1 aromatic heterocycles. The molecule has 0 radical (unpaired) electrons. The van der Waals surface area contributed by atoms with E-state index in [9.17, 15) is 0 Å². The van der Waals surface area contributed by atoms with Crippen molar-refractivity contribution in [2.24, 2.45) is 5.73 Å². The molecule has 0 unspecified atom stereocenters. The maximum atomic E-state index is 7.60. The van der Waals surface area contributed by atoms with E-state index in [-0.39, 0.29) is 5.96 Å². The van der Waals surface area contributed by atoms with E-state index in [1.807, 2.05) is 18.2 Å². The number of nitrogens with zero attached hydrogens (tertiary/aromatic N) is 2. The molecule has 0 saturated heterocycles. The number of hydrogen-bond acceptors (Lipinski definition) is 3. The molecule has 5 nitrogen and oxygen atoms in total. The predicted octanol–water partition coefficient (Wildman–Crippen LogP) is 1.20. The van der Waals surface area contributed by atoms with E-state index in [2.05, 4.69) is 10.3 Å². The number of pyridine rings is 1. The van der Waals surface area contributed by atoms with Crippen LogP contribution in [0.5, 0.6) is 0 Å². The second-order valence-corrected chi connectivity index (χ2v) is 4.76. The summed E-state index contributed by atoms with van der Waals surface area (Å²) in [5.74, 6) is -0.0579. The second kappa shape index (κ2) is 5.77. The Bertz CT molecular complexity index is 429. The lowest BCUT2D eigenvalue weighted by atomic mass is 9.93. The van der Waals surface area contributed by atoms with Crippen LogP contribution in [0.3, 0.4) is 0 Å². The highest BCUT2D eigenvalue weighted by Crippen LogP contribution is 2.18. The minimum absolute atomic E-state index is 0.0579. The molecular formula is C12H17N5S. The van der Waals surface area contributed by atoms with Crippen LogP contribution in [0.4, 0.5) is 0 Å². The Morgan fingerprint density at radius 2 is 2.33 bits per heavy atom. The normalized spacial score (nSPS) is 14.7. The van der Waals surface area contributed by atoms with E-state index in [0.29, 0.717) is 17.7 Å². The van der Waals surface area contributed by atoms with Gasteiger partial charge in [0.1, 0.15) is 0 Å². The quantitative estimate of drug-likeness (QED) is 0.434. The fourth-order valence-corrected chi connectivity index (χ4v) is 2.05. The van der Waals surface area contributed by atoms with Crippen LogP contribution in [-0.4, -0.2) is 27.0 Å². The number of aromatic nitrogens is 1. The zero-order valence-electron chi connectivity index (χ0n) is 10.1. The average molecular weight is 263 g/mol. The van der Waals surface area contributed by atoms with Gasteiger partial charge in [0.25, 0.3) is 0 Å². The molecule has 1 saturated carbocycles. The zero-order chi connectivity index (χ0) is 13.0. The Kier molecular flexibility index (Phi) is 4.09. The monoisotopic (exact) mass is 263 g/mol. The molecule has 1 aromatic rings. The fraction of sp³-hybridized carbons (Fsp3) is 0.417. The molecule has 0 aromatic carbocycles. The Morgan fingerprint density at radius 3 is 2.83 bits per heavy atom. The van der Waals surface area contributed by atoms with Gasteiger partial charge in [0.05, 0.1) is 12.2 Å². The lowest BCUT2D eigenvalue weighted by Crippen LogP contribution is -2.50. The van der Waals surface area contributed by atoms with Crippen LogP contribution in [0.2, 0.25) is 0 Å². The van der Waals surface area contributed by atoms with E-state index < -0.39 is 0 Å². The lowest BCUT2D eigenvalue weighted by molar-refractivity contribution is 0.373. The molecule has 4 N–H and O–H groups in total. The highest BCUT2D eigenvalue weighted by atomic mass is 32.1. The van der Waals surface area contributed by atoms with Crippen LogP contribution >= 0.6 is 12.2 Å². The van der Waals surface area contributed by atoms with Crippen LogP contribution < -0.4 is 11.1 Å². The fourth-order valence-electron chi connectivity index (χ4n) is 1.73. The summed E-state index contributed by atoms with van der Waals surface area (Å²) in [5.41, 5.74) is 6.41. The molecule has 6 heteroatoms. The van der Waals surface area contributed by atoms with Gasteiger partial charge in [-0.2, -0.15) is 0 Å². The maximum absolute atomic E-state index is 7.60. The minimum Gasteiger partial charge on any atom is -0.370 e. The number of rotatable bonds is 3. The summed E-state index contributed by atoms with van der Waals surface area (Å²) in [4.78, 5) is 5.78. The lowest BCUT2D eigenvalue weighted by Gasteiger charge is -2.31. The molecule has 96 valence electrons. The van der Waals surface area contributed by atoms with Gasteiger partial charge in [-0.1, -0.05) is 6.07 Å². The molecule has 1 aliphatic rings. The van der Waals surface area contributed by atoms with Crippen molar-refractivity contribution < 1.29 is 0 Å². The van der Waals surface area contributed by atoms with Crippen molar-refractivity contribution in [3.05, 3.63) is 30.1 Å².